The lowest BCUT2D eigenvalue weighted by Gasteiger charge is -2.37. The molecule has 1 saturated heterocycles. The third kappa shape index (κ3) is 5.04. The Labute approximate surface area is 193 Å². The van der Waals surface area contributed by atoms with E-state index in [-0.39, 0.29) is 29.7 Å². The molecule has 2 unspecified atom stereocenters. The molecule has 0 radical (unpaired) electrons. The van der Waals surface area contributed by atoms with Gasteiger partial charge in [0.1, 0.15) is 11.3 Å². The summed E-state index contributed by atoms with van der Waals surface area (Å²) in [6.07, 6.45) is 0.491. The Morgan fingerprint density at radius 3 is 2.06 bits per heavy atom. The molecule has 2 aromatic carbocycles. The molecule has 0 aromatic heterocycles. The summed E-state index contributed by atoms with van der Waals surface area (Å²) in [5.41, 5.74) is -1.41. The highest BCUT2D eigenvalue weighted by molar-refractivity contribution is 5.33. The summed E-state index contributed by atoms with van der Waals surface area (Å²) in [5, 5.41) is 0. The normalized spacial score (nSPS) is 25.9. The van der Waals surface area contributed by atoms with Crippen molar-refractivity contribution < 1.29 is 40.2 Å². The molecule has 2 fully saturated rings. The molecular formula is C25H25F7O2. The van der Waals surface area contributed by atoms with E-state index in [0.29, 0.717) is 30.7 Å². The molecule has 1 saturated carbocycles. The minimum atomic E-state index is -4.45. The van der Waals surface area contributed by atoms with Gasteiger partial charge in [-0.2, -0.15) is 8.78 Å². The van der Waals surface area contributed by atoms with Crippen molar-refractivity contribution in [2.75, 3.05) is 6.61 Å². The van der Waals surface area contributed by atoms with Crippen molar-refractivity contribution in [3.8, 4) is 5.75 Å². The van der Waals surface area contributed by atoms with Crippen LogP contribution in [0.3, 0.4) is 0 Å². The smallest absolute Gasteiger partial charge is 0.429 e. The van der Waals surface area contributed by atoms with E-state index in [2.05, 4.69) is 11.7 Å². The second-order valence-electron chi connectivity index (χ2n) is 9.32. The van der Waals surface area contributed by atoms with Crippen LogP contribution in [0.5, 0.6) is 5.75 Å². The summed E-state index contributed by atoms with van der Waals surface area (Å²) < 4.78 is 108. The van der Waals surface area contributed by atoms with Crippen molar-refractivity contribution in [2.24, 2.45) is 11.8 Å². The first kappa shape index (κ1) is 24.8. The quantitative estimate of drug-likeness (QED) is 0.317. The van der Waals surface area contributed by atoms with Crippen LogP contribution in [-0.4, -0.2) is 12.7 Å². The van der Waals surface area contributed by atoms with Crippen LogP contribution in [0.1, 0.15) is 62.5 Å². The molecule has 0 amide bonds. The fraction of sp³-hybridized carbons (Fsp3) is 0.520. The molecule has 1 aliphatic carbocycles. The van der Waals surface area contributed by atoms with E-state index in [1.807, 2.05) is 0 Å². The molecule has 1 heterocycles. The molecule has 186 valence electrons. The van der Waals surface area contributed by atoms with E-state index in [1.165, 1.54) is 0 Å². The van der Waals surface area contributed by atoms with Crippen molar-refractivity contribution >= 4 is 0 Å². The van der Waals surface area contributed by atoms with Gasteiger partial charge in [-0.05, 0) is 67.9 Å². The zero-order valence-electron chi connectivity index (χ0n) is 18.5. The zero-order chi connectivity index (χ0) is 24.6. The lowest BCUT2D eigenvalue weighted by molar-refractivity contribution is -0.188. The molecule has 2 aromatic rings. The van der Waals surface area contributed by atoms with Gasteiger partial charge < -0.3 is 9.47 Å². The molecular weight excluding hydrogens is 465 g/mol. The summed E-state index contributed by atoms with van der Waals surface area (Å²) in [5.74, 6) is -9.08. The van der Waals surface area contributed by atoms with E-state index in [1.54, 1.807) is 0 Å². The third-order valence-electron chi connectivity index (χ3n) is 6.91. The van der Waals surface area contributed by atoms with Gasteiger partial charge in [0.05, 0.1) is 6.10 Å². The topological polar surface area (TPSA) is 18.5 Å². The van der Waals surface area contributed by atoms with Gasteiger partial charge in [0.25, 0.3) is 0 Å². The van der Waals surface area contributed by atoms with Crippen molar-refractivity contribution in [3.63, 3.8) is 0 Å². The van der Waals surface area contributed by atoms with Gasteiger partial charge >= 0.3 is 6.11 Å². The van der Waals surface area contributed by atoms with Crippen LogP contribution in [0.2, 0.25) is 0 Å². The number of ether oxygens (including phenoxy) is 2. The first-order valence-electron chi connectivity index (χ1n) is 11.4. The molecule has 34 heavy (non-hydrogen) atoms. The standard InChI is InChI=1S/C25H25F7O2/c1-13-2-9-21(33-12-13)15-5-3-14(4-6-15)17-7-8-18(23(29)22(17)28)25(31,32)34-16-10-19(26)24(30)20(27)11-16/h7-8,10-11,13-15,21H,2-6,9,12H2,1H3. The maximum Gasteiger partial charge on any atom is 0.429 e. The fourth-order valence-corrected chi connectivity index (χ4v) is 4.98. The molecule has 2 nitrogen and oxygen atoms in total. The first-order valence-corrected chi connectivity index (χ1v) is 11.4. The van der Waals surface area contributed by atoms with Crippen LogP contribution in [0.25, 0.3) is 0 Å². The van der Waals surface area contributed by atoms with Crippen molar-refractivity contribution in [1.29, 1.82) is 0 Å². The van der Waals surface area contributed by atoms with Gasteiger partial charge in [0, 0.05) is 18.7 Å². The van der Waals surface area contributed by atoms with E-state index >= 15 is 0 Å². The van der Waals surface area contributed by atoms with Gasteiger partial charge in [-0.15, -0.1) is 0 Å². The van der Waals surface area contributed by atoms with Crippen LogP contribution >= 0.6 is 0 Å². The SMILES string of the molecule is CC1CCC(C2CCC(c3ccc(C(F)(F)Oc4cc(F)c(F)c(F)c4)c(F)c3F)CC2)OC1. The molecule has 0 N–H and O–H groups in total. The number of rotatable bonds is 5. The highest BCUT2D eigenvalue weighted by Crippen LogP contribution is 2.42. The monoisotopic (exact) mass is 490 g/mol. The lowest BCUT2D eigenvalue weighted by atomic mass is 9.75. The van der Waals surface area contributed by atoms with E-state index in [0.717, 1.165) is 38.4 Å². The summed E-state index contributed by atoms with van der Waals surface area (Å²) in [4.78, 5) is 0. The number of halogens is 7. The maximum absolute atomic E-state index is 14.8. The molecule has 4 rings (SSSR count). The Bertz CT molecular complexity index is 1000. The lowest BCUT2D eigenvalue weighted by Crippen LogP contribution is -2.33. The average Bonchev–Trinajstić information content (AvgIpc) is 2.79. The summed E-state index contributed by atoms with van der Waals surface area (Å²) in [7, 11) is 0. The second-order valence-corrected chi connectivity index (χ2v) is 9.32. The highest BCUT2D eigenvalue weighted by Gasteiger charge is 2.41. The fourth-order valence-electron chi connectivity index (χ4n) is 4.98. The minimum Gasteiger partial charge on any atom is -0.429 e. The molecule has 2 aliphatic rings. The molecule has 0 spiro atoms. The van der Waals surface area contributed by atoms with Gasteiger partial charge in [-0.25, -0.2) is 22.0 Å². The number of benzene rings is 2. The Hall–Kier alpha value is -2.29. The first-order chi connectivity index (χ1) is 16.1. The van der Waals surface area contributed by atoms with Crippen LogP contribution in [0, 0.1) is 40.9 Å². The Morgan fingerprint density at radius 2 is 1.47 bits per heavy atom. The number of alkyl halides is 2. The van der Waals surface area contributed by atoms with Crippen LogP contribution in [0.4, 0.5) is 30.7 Å². The highest BCUT2D eigenvalue weighted by atomic mass is 19.3. The largest absolute Gasteiger partial charge is 0.429 e. The maximum atomic E-state index is 14.8. The summed E-state index contributed by atoms with van der Waals surface area (Å²) in [6.45, 7) is 2.86. The number of hydrogen-bond acceptors (Lipinski definition) is 2. The van der Waals surface area contributed by atoms with Crippen molar-refractivity contribution in [2.45, 2.75) is 63.6 Å². The van der Waals surface area contributed by atoms with E-state index in [4.69, 9.17) is 4.74 Å². The summed E-state index contributed by atoms with van der Waals surface area (Å²) >= 11 is 0. The Kier molecular flexibility index (Phi) is 7.12. The average molecular weight is 490 g/mol. The van der Waals surface area contributed by atoms with Crippen LogP contribution in [-0.2, 0) is 10.8 Å². The van der Waals surface area contributed by atoms with Crippen molar-refractivity contribution in [1.82, 2.24) is 0 Å². The van der Waals surface area contributed by atoms with Gasteiger partial charge in [0.15, 0.2) is 29.1 Å². The Morgan fingerprint density at radius 1 is 0.824 bits per heavy atom. The van der Waals surface area contributed by atoms with Gasteiger partial charge in [0.2, 0.25) is 0 Å². The molecule has 9 heteroatoms. The van der Waals surface area contributed by atoms with Crippen LogP contribution < -0.4 is 4.74 Å². The zero-order valence-corrected chi connectivity index (χ0v) is 18.5. The molecule has 0 bridgehead atoms. The predicted molar refractivity (Wildman–Crippen MR) is 110 cm³/mol. The number of hydrogen-bond donors (Lipinski definition) is 0. The second kappa shape index (κ2) is 9.76. The third-order valence-corrected chi connectivity index (χ3v) is 6.91. The Balaban J connectivity index is 1.47. The molecule has 1 aliphatic heterocycles. The van der Waals surface area contributed by atoms with E-state index < -0.39 is 46.5 Å². The van der Waals surface area contributed by atoms with Crippen LogP contribution in [0.15, 0.2) is 24.3 Å². The van der Waals surface area contributed by atoms with Crippen molar-refractivity contribution in [3.05, 3.63) is 64.5 Å². The van der Waals surface area contributed by atoms with Gasteiger partial charge in [-0.1, -0.05) is 13.0 Å². The summed E-state index contributed by atoms with van der Waals surface area (Å²) in [6, 6.07) is 2.20. The van der Waals surface area contributed by atoms with E-state index in [9.17, 15) is 30.7 Å². The van der Waals surface area contributed by atoms with Gasteiger partial charge in [-0.3, -0.25) is 0 Å². The predicted octanol–water partition coefficient (Wildman–Crippen LogP) is 7.60. The molecule has 2 atom stereocenters. The minimum absolute atomic E-state index is 0.00700.